The van der Waals surface area contributed by atoms with Crippen molar-refractivity contribution < 1.29 is 0 Å². The van der Waals surface area contributed by atoms with Crippen molar-refractivity contribution in [3.05, 3.63) is 65.7 Å². The van der Waals surface area contributed by atoms with Crippen LogP contribution in [0.3, 0.4) is 0 Å². The summed E-state index contributed by atoms with van der Waals surface area (Å²) in [6, 6.07) is 13.7. The van der Waals surface area contributed by atoms with Gasteiger partial charge in [0.2, 0.25) is 0 Å². The highest BCUT2D eigenvalue weighted by Crippen LogP contribution is 2.34. The molecular formula is C30H46S3. The van der Waals surface area contributed by atoms with E-state index in [9.17, 15) is 0 Å². The standard InChI is InChI=1S/C17H24S2.C13H22S/c1-16(2,3)14-9-7-12(18-14)11-13-8-10-15(19-13)17(4,5)6;1-12(2,3)9-10-7-8-11(14-10)13(4,5)6/h7-10H,11H2,1-6H3;7-8H,9H2,1-6H3. The molecule has 0 spiro atoms. The van der Waals surface area contributed by atoms with E-state index in [1.165, 1.54) is 35.7 Å². The SMILES string of the molecule is CC(C)(C)Cc1ccc(C(C)(C)C)s1.CC(C)(C)c1ccc(Cc2ccc(C(C)(C)C)s2)s1. The van der Waals surface area contributed by atoms with Gasteiger partial charge in [-0.2, -0.15) is 0 Å². The molecule has 0 aromatic carbocycles. The number of hydrogen-bond donors (Lipinski definition) is 0. The summed E-state index contributed by atoms with van der Waals surface area (Å²) in [7, 11) is 0. The van der Waals surface area contributed by atoms with Crippen LogP contribution in [0.25, 0.3) is 0 Å². The molecule has 3 heteroatoms. The van der Waals surface area contributed by atoms with E-state index < -0.39 is 0 Å². The molecule has 33 heavy (non-hydrogen) atoms. The van der Waals surface area contributed by atoms with Gasteiger partial charge < -0.3 is 0 Å². The lowest BCUT2D eigenvalue weighted by Crippen LogP contribution is -2.09. The monoisotopic (exact) mass is 502 g/mol. The number of hydrogen-bond acceptors (Lipinski definition) is 3. The molecule has 0 fully saturated rings. The second-order valence-corrected chi connectivity index (χ2v) is 17.0. The molecule has 0 aliphatic heterocycles. The Hall–Kier alpha value is -0.900. The maximum atomic E-state index is 2.30. The first kappa shape index (κ1) is 28.3. The molecule has 0 aliphatic rings. The summed E-state index contributed by atoms with van der Waals surface area (Å²) in [6.45, 7) is 27.4. The highest BCUT2D eigenvalue weighted by atomic mass is 32.1. The lowest BCUT2D eigenvalue weighted by Gasteiger charge is -2.17. The molecule has 3 aromatic rings. The van der Waals surface area contributed by atoms with Crippen LogP contribution < -0.4 is 0 Å². The predicted molar refractivity (Wildman–Crippen MR) is 155 cm³/mol. The van der Waals surface area contributed by atoms with E-state index >= 15 is 0 Å². The Labute approximate surface area is 216 Å². The predicted octanol–water partition coefficient (Wildman–Crippen LogP) is 10.6. The van der Waals surface area contributed by atoms with Crippen LogP contribution in [0.4, 0.5) is 0 Å². The largest absolute Gasteiger partial charge is 0.145 e. The van der Waals surface area contributed by atoms with Gasteiger partial charge in [-0.05, 0) is 64.5 Å². The fourth-order valence-electron chi connectivity index (χ4n) is 3.32. The fraction of sp³-hybridized carbons (Fsp3) is 0.600. The van der Waals surface area contributed by atoms with E-state index in [1.807, 2.05) is 34.0 Å². The molecule has 0 aliphatic carbocycles. The number of rotatable bonds is 3. The molecule has 3 rings (SSSR count). The van der Waals surface area contributed by atoms with Gasteiger partial charge in [0.05, 0.1) is 0 Å². The highest BCUT2D eigenvalue weighted by Gasteiger charge is 2.19. The average molecular weight is 503 g/mol. The van der Waals surface area contributed by atoms with Crippen LogP contribution in [-0.4, -0.2) is 0 Å². The second-order valence-electron chi connectivity index (χ2n) is 13.5. The Morgan fingerprint density at radius 3 is 1.03 bits per heavy atom. The van der Waals surface area contributed by atoms with Crippen LogP contribution in [0.5, 0.6) is 0 Å². The molecule has 0 bridgehead atoms. The third-order valence-corrected chi connectivity index (χ3v) is 9.79. The van der Waals surface area contributed by atoms with Gasteiger partial charge in [-0.25, -0.2) is 0 Å². The van der Waals surface area contributed by atoms with Gasteiger partial charge in [0.25, 0.3) is 0 Å². The summed E-state index contributed by atoms with van der Waals surface area (Å²) in [6.07, 6.45) is 2.27. The molecule has 0 nitrogen and oxygen atoms in total. The Balaban J connectivity index is 0.000000245. The van der Waals surface area contributed by atoms with Gasteiger partial charge in [-0.1, -0.05) is 83.1 Å². The summed E-state index contributed by atoms with van der Waals surface area (Å²) < 4.78 is 0. The van der Waals surface area contributed by atoms with Gasteiger partial charge in [-0.3, -0.25) is 0 Å². The lowest BCUT2D eigenvalue weighted by atomic mass is 9.91. The van der Waals surface area contributed by atoms with Crippen molar-refractivity contribution in [1.29, 1.82) is 0 Å². The van der Waals surface area contributed by atoms with Crippen molar-refractivity contribution in [2.24, 2.45) is 5.41 Å². The molecule has 0 saturated carbocycles. The maximum absolute atomic E-state index is 2.30. The van der Waals surface area contributed by atoms with Gasteiger partial charge in [0.15, 0.2) is 0 Å². The van der Waals surface area contributed by atoms with Gasteiger partial charge in [0, 0.05) is 35.7 Å². The normalized spacial score (nSPS) is 13.1. The molecule has 0 atom stereocenters. The van der Waals surface area contributed by atoms with E-state index in [0.717, 1.165) is 6.42 Å². The van der Waals surface area contributed by atoms with Gasteiger partial charge in [-0.15, -0.1) is 34.0 Å². The summed E-state index contributed by atoms with van der Waals surface area (Å²) >= 11 is 5.88. The minimum Gasteiger partial charge on any atom is -0.145 e. The van der Waals surface area contributed by atoms with Gasteiger partial charge >= 0.3 is 0 Å². The van der Waals surface area contributed by atoms with Crippen molar-refractivity contribution in [2.75, 3.05) is 0 Å². The van der Waals surface area contributed by atoms with Crippen LogP contribution in [0.1, 0.15) is 112 Å². The summed E-state index contributed by atoms with van der Waals surface area (Å²) in [5, 5.41) is 0. The van der Waals surface area contributed by atoms with Crippen LogP contribution >= 0.6 is 34.0 Å². The molecule has 3 heterocycles. The molecule has 3 aromatic heterocycles. The summed E-state index contributed by atoms with van der Waals surface area (Å²) in [5.74, 6) is 0. The van der Waals surface area contributed by atoms with Crippen LogP contribution in [0.15, 0.2) is 36.4 Å². The van der Waals surface area contributed by atoms with Crippen LogP contribution in [0, 0.1) is 5.41 Å². The minimum atomic E-state index is 0.273. The van der Waals surface area contributed by atoms with Crippen LogP contribution in [0.2, 0.25) is 0 Å². The second kappa shape index (κ2) is 10.4. The summed E-state index contributed by atoms with van der Waals surface area (Å²) in [4.78, 5) is 8.93. The smallest absolute Gasteiger partial charge is 0.0163 e. The zero-order valence-electron chi connectivity index (χ0n) is 23.1. The van der Waals surface area contributed by atoms with Crippen molar-refractivity contribution in [3.63, 3.8) is 0 Å². The quantitative estimate of drug-likeness (QED) is 0.334. The Kier molecular flexibility index (Phi) is 8.91. The van der Waals surface area contributed by atoms with Crippen molar-refractivity contribution in [1.82, 2.24) is 0 Å². The molecule has 0 radical (unpaired) electrons. The van der Waals surface area contributed by atoms with E-state index in [1.54, 1.807) is 0 Å². The number of thiophene rings is 3. The molecule has 0 saturated heterocycles. The zero-order valence-corrected chi connectivity index (χ0v) is 25.6. The highest BCUT2D eigenvalue weighted by molar-refractivity contribution is 7.13. The fourth-order valence-corrected chi connectivity index (χ4v) is 6.96. The Morgan fingerprint density at radius 1 is 0.455 bits per heavy atom. The Bertz CT molecular complexity index is 948. The maximum Gasteiger partial charge on any atom is 0.0163 e. The van der Waals surface area contributed by atoms with Crippen molar-refractivity contribution >= 4 is 34.0 Å². The van der Waals surface area contributed by atoms with E-state index in [4.69, 9.17) is 0 Å². The first-order valence-electron chi connectivity index (χ1n) is 12.1. The average Bonchev–Trinajstić information content (AvgIpc) is 3.32. The molecular weight excluding hydrogens is 457 g/mol. The molecule has 0 N–H and O–H groups in total. The van der Waals surface area contributed by atoms with Crippen molar-refractivity contribution in [3.8, 4) is 0 Å². The van der Waals surface area contributed by atoms with E-state index in [2.05, 4.69) is 119 Å². The lowest BCUT2D eigenvalue weighted by molar-refractivity contribution is 0.414. The molecule has 0 amide bonds. The van der Waals surface area contributed by atoms with Crippen molar-refractivity contribution in [2.45, 2.75) is 112 Å². The minimum absolute atomic E-state index is 0.273. The van der Waals surface area contributed by atoms with E-state index in [-0.39, 0.29) is 10.8 Å². The Morgan fingerprint density at radius 2 is 0.758 bits per heavy atom. The topological polar surface area (TPSA) is 0 Å². The van der Waals surface area contributed by atoms with Crippen LogP contribution in [-0.2, 0) is 29.1 Å². The van der Waals surface area contributed by atoms with E-state index in [0.29, 0.717) is 10.8 Å². The first-order valence-corrected chi connectivity index (χ1v) is 14.6. The third kappa shape index (κ3) is 9.34. The zero-order chi connectivity index (χ0) is 25.2. The molecule has 0 unspecified atom stereocenters. The van der Waals surface area contributed by atoms with Gasteiger partial charge in [0.1, 0.15) is 0 Å². The molecule has 184 valence electrons. The summed E-state index contributed by atoms with van der Waals surface area (Å²) in [5.41, 5.74) is 1.25. The third-order valence-electron chi connectivity index (χ3n) is 5.26. The first-order chi connectivity index (χ1) is 14.8.